The topological polar surface area (TPSA) is 65.7 Å². The van der Waals surface area contributed by atoms with Crippen LogP contribution in [0.1, 0.15) is 45.5 Å². The smallest absolute Gasteiger partial charge is 0.282 e. The molecule has 31 heavy (non-hydrogen) atoms. The summed E-state index contributed by atoms with van der Waals surface area (Å²) in [7, 11) is 0. The van der Waals surface area contributed by atoms with Crippen LogP contribution in [0.4, 0.5) is 0 Å². The number of hydrogen-bond acceptors (Lipinski definition) is 5. The van der Waals surface area contributed by atoms with Crippen molar-refractivity contribution < 1.29 is 9.47 Å². The lowest BCUT2D eigenvalue weighted by atomic mass is 10.2. The molecule has 0 aliphatic carbocycles. The molecule has 0 saturated carbocycles. The lowest BCUT2D eigenvalue weighted by molar-refractivity contribution is 0.202. The van der Waals surface area contributed by atoms with E-state index in [-0.39, 0.29) is 11.7 Å². The molecular weight excluding hydrogens is 526 g/mol. The monoisotopic (exact) mass is 549 g/mol. The van der Waals surface area contributed by atoms with E-state index < -0.39 is 0 Å². The van der Waals surface area contributed by atoms with Crippen LogP contribution in [0.25, 0.3) is 10.9 Å². The van der Waals surface area contributed by atoms with Gasteiger partial charge in [-0.15, -0.1) is 0 Å². The SMILES string of the molecule is CCOc1cc(C=Nn2c(CC)nc3ccc(Br)cc3c2=O)cc(Br)c1O[C@@H](C)CC. The van der Waals surface area contributed by atoms with Gasteiger partial charge in [-0.1, -0.05) is 29.8 Å². The second kappa shape index (κ2) is 10.4. The van der Waals surface area contributed by atoms with E-state index in [0.29, 0.717) is 41.3 Å². The Kier molecular flexibility index (Phi) is 7.89. The van der Waals surface area contributed by atoms with Crippen molar-refractivity contribution in [2.24, 2.45) is 5.10 Å². The van der Waals surface area contributed by atoms with E-state index in [0.717, 1.165) is 20.9 Å². The Balaban J connectivity index is 2.06. The summed E-state index contributed by atoms with van der Waals surface area (Å²) in [4.78, 5) is 17.7. The maximum atomic E-state index is 13.1. The number of ether oxygens (including phenoxy) is 2. The van der Waals surface area contributed by atoms with Crippen molar-refractivity contribution in [1.82, 2.24) is 9.66 Å². The number of nitrogens with zero attached hydrogens (tertiary/aromatic N) is 3. The third-order valence-corrected chi connectivity index (χ3v) is 5.82. The van der Waals surface area contributed by atoms with E-state index >= 15 is 0 Å². The first-order valence-electron chi connectivity index (χ1n) is 10.3. The third-order valence-electron chi connectivity index (χ3n) is 4.74. The lowest BCUT2D eigenvalue weighted by Gasteiger charge is -2.18. The fraction of sp³-hybridized carbons (Fsp3) is 0.348. The number of aromatic nitrogens is 2. The quantitative estimate of drug-likeness (QED) is 0.325. The summed E-state index contributed by atoms with van der Waals surface area (Å²) >= 11 is 7.00. The van der Waals surface area contributed by atoms with E-state index in [9.17, 15) is 4.79 Å². The molecule has 1 heterocycles. The summed E-state index contributed by atoms with van der Waals surface area (Å²) in [6, 6.07) is 9.22. The predicted molar refractivity (Wildman–Crippen MR) is 132 cm³/mol. The largest absolute Gasteiger partial charge is 0.490 e. The Morgan fingerprint density at radius 3 is 2.65 bits per heavy atom. The number of benzene rings is 2. The summed E-state index contributed by atoms with van der Waals surface area (Å²) in [5, 5.41) is 4.97. The van der Waals surface area contributed by atoms with Gasteiger partial charge in [-0.25, -0.2) is 4.98 Å². The zero-order valence-electron chi connectivity index (χ0n) is 18.0. The average molecular weight is 551 g/mol. The van der Waals surface area contributed by atoms with Crippen molar-refractivity contribution in [2.45, 2.75) is 46.6 Å². The minimum atomic E-state index is -0.208. The van der Waals surface area contributed by atoms with Crippen LogP contribution in [0.2, 0.25) is 0 Å². The Morgan fingerprint density at radius 2 is 1.97 bits per heavy atom. The molecule has 0 aliphatic rings. The molecule has 6 nitrogen and oxygen atoms in total. The minimum Gasteiger partial charge on any atom is -0.490 e. The first-order valence-corrected chi connectivity index (χ1v) is 11.8. The van der Waals surface area contributed by atoms with E-state index in [4.69, 9.17) is 9.47 Å². The predicted octanol–water partition coefficient (Wildman–Crippen LogP) is 5.94. The molecule has 0 spiro atoms. The van der Waals surface area contributed by atoms with Gasteiger partial charge in [-0.05, 0) is 72.1 Å². The van der Waals surface area contributed by atoms with Crippen molar-refractivity contribution in [1.29, 1.82) is 0 Å². The molecule has 2 aromatic carbocycles. The van der Waals surface area contributed by atoms with E-state index in [1.807, 2.05) is 45.0 Å². The van der Waals surface area contributed by atoms with Gasteiger partial charge in [0.05, 0.1) is 34.3 Å². The van der Waals surface area contributed by atoms with Crippen molar-refractivity contribution in [3.63, 3.8) is 0 Å². The van der Waals surface area contributed by atoms with Crippen LogP contribution in [0.3, 0.4) is 0 Å². The van der Waals surface area contributed by atoms with Crippen molar-refractivity contribution in [3.05, 3.63) is 61.0 Å². The summed E-state index contributed by atoms with van der Waals surface area (Å²) in [6.45, 7) is 8.46. The van der Waals surface area contributed by atoms with Gasteiger partial charge in [-0.3, -0.25) is 4.79 Å². The van der Waals surface area contributed by atoms with Gasteiger partial charge in [0.2, 0.25) is 0 Å². The van der Waals surface area contributed by atoms with Crippen molar-refractivity contribution in [2.75, 3.05) is 6.61 Å². The molecule has 3 rings (SSSR count). The lowest BCUT2D eigenvalue weighted by Crippen LogP contribution is -2.22. The normalized spacial score (nSPS) is 12.5. The maximum Gasteiger partial charge on any atom is 0.282 e. The number of aryl methyl sites for hydroxylation is 1. The Labute approximate surface area is 198 Å². The van der Waals surface area contributed by atoms with Gasteiger partial charge in [0, 0.05) is 10.9 Å². The zero-order chi connectivity index (χ0) is 22.5. The summed E-state index contributed by atoms with van der Waals surface area (Å²) in [5.74, 6) is 1.89. The summed E-state index contributed by atoms with van der Waals surface area (Å²) < 4.78 is 14.8. The second-order valence-electron chi connectivity index (χ2n) is 7.00. The highest BCUT2D eigenvalue weighted by atomic mass is 79.9. The van der Waals surface area contributed by atoms with Crippen molar-refractivity contribution >= 4 is 49.0 Å². The molecule has 0 saturated heterocycles. The second-order valence-corrected chi connectivity index (χ2v) is 8.77. The van der Waals surface area contributed by atoms with Gasteiger partial charge < -0.3 is 9.47 Å². The maximum absolute atomic E-state index is 13.1. The Hall–Kier alpha value is -2.19. The molecule has 3 aromatic rings. The van der Waals surface area contributed by atoms with Crippen LogP contribution >= 0.6 is 31.9 Å². The highest BCUT2D eigenvalue weighted by Gasteiger charge is 2.15. The first-order chi connectivity index (χ1) is 14.9. The standard InChI is InChI=1S/C23H25Br2N3O3/c1-5-14(4)31-22-18(25)10-15(11-20(22)30-7-3)13-26-28-21(6-2)27-19-9-8-16(24)12-17(19)23(28)29/h8-14H,5-7H2,1-4H3/t14-/m0/s1. The number of halogens is 2. The minimum absolute atomic E-state index is 0.0590. The number of fused-ring (bicyclic) bond motifs is 1. The van der Waals surface area contributed by atoms with Gasteiger partial charge in [0.1, 0.15) is 5.82 Å². The van der Waals surface area contributed by atoms with E-state index in [1.54, 1.807) is 12.3 Å². The van der Waals surface area contributed by atoms with E-state index in [2.05, 4.69) is 48.9 Å². The third kappa shape index (κ3) is 5.36. The van der Waals surface area contributed by atoms with Crippen LogP contribution in [0.15, 0.2) is 49.2 Å². The fourth-order valence-corrected chi connectivity index (χ4v) is 3.91. The number of hydrogen-bond donors (Lipinski definition) is 0. The van der Waals surface area contributed by atoms with Gasteiger partial charge in [0.15, 0.2) is 11.5 Å². The van der Waals surface area contributed by atoms with Crippen LogP contribution in [-0.4, -0.2) is 28.6 Å². The molecule has 0 radical (unpaired) electrons. The molecule has 8 heteroatoms. The van der Waals surface area contributed by atoms with E-state index in [1.165, 1.54) is 4.68 Å². The summed E-state index contributed by atoms with van der Waals surface area (Å²) in [5.41, 5.74) is 1.22. The number of rotatable bonds is 8. The van der Waals surface area contributed by atoms with Gasteiger partial charge >= 0.3 is 0 Å². The molecule has 0 fully saturated rings. The molecule has 0 bridgehead atoms. The van der Waals surface area contributed by atoms with Crippen molar-refractivity contribution in [3.8, 4) is 11.5 Å². The summed E-state index contributed by atoms with van der Waals surface area (Å²) in [6.07, 6.45) is 3.15. The molecule has 0 amide bonds. The van der Waals surface area contributed by atoms with Crippen LogP contribution in [0.5, 0.6) is 11.5 Å². The molecule has 0 aliphatic heterocycles. The van der Waals surface area contributed by atoms with Crippen LogP contribution < -0.4 is 15.0 Å². The molecule has 1 atom stereocenters. The van der Waals surface area contributed by atoms with Crippen LogP contribution in [-0.2, 0) is 6.42 Å². The molecular formula is C23H25Br2N3O3. The highest BCUT2D eigenvalue weighted by molar-refractivity contribution is 9.10. The molecule has 0 N–H and O–H groups in total. The highest BCUT2D eigenvalue weighted by Crippen LogP contribution is 2.37. The molecule has 164 valence electrons. The van der Waals surface area contributed by atoms with Gasteiger partial charge in [-0.2, -0.15) is 9.78 Å². The van der Waals surface area contributed by atoms with Gasteiger partial charge in [0.25, 0.3) is 5.56 Å². The zero-order valence-corrected chi connectivity index (χ0v) is 21.2. The molecule has 0 unspecified atom stereocenters. The Bertz CT molecular complexity index is 1170. The first kappa shape index (κ1) is 23.5. The van der Waals surface area contributed by atoms with Crippen LogP contribution in [0, 0.1) is 0 Å². The average Bonchev–Trinajstić information content (AvgIpc) is 2.75. The fourth-order valence-electron chi connectivity index (χ4n) is 2.99. The Morgan fingerprint density at radius 1 is 1.19 bits per heavy atom. The molecule has 1 aromatic heterocycles.